The third-order valence-corrected chi connectivity index (χ3v) is 14.0. The van der Waals surface area contributed by atoms with Crippen molar-refractivity contribution >= 4 is 23.9 Å². The number of aliphatic hydroxyl groups excluding tert-OH is 5. The Kier molecular flexibility index (Phi) is 18.0. The van der Waals surface area contributed by atoms with Crippen molar-refractivity contribution < 1.29 is 64.0 Å². The van der Waals surface area contributed by atoms with Crippen LogP contribution in [0, 0.1) is 46.3 Å². The second kappa shape index (κ2) is 21.8. The van der Waals surface area contributed by atoms with Gasteiger partial charge in [-0.3, -0.25) is 19.2 Å². The average Bonchev–Trinajstić information content (AvgIpc) is 3.16. The number of carbonyl (C=O) groups excluding carboxylic acids is 3. The van der Waals surface area contributed by atoms with Gasteiger partial charge in [-0.05, 0) is 107 Å². The molecule has 0 spiro atoms. The summed E-state index contributed by atoms with van der Waals surface area (Å²) in [6.45, 7) is 15.6. The van der Waals surface area contributed by atoms with Gasteiger partial charge in [0, 0.05) is 31.1 Å². The first kappa shape index (κ1) is 50.3. The molecule has 5 aliphatic rings. The molecule has 13 nitrogen and oxygen atoms in total. The maximum atomic E-state index is 12.8. The van der Waals surface area contributed by atoms with Crippen molar-refractivity contribution in [3.8, 4) is 0 Å². The minimum atomic E-state index is -1.10. The van der Waals surface area contributed by atoms with E-state index in [-0.39, 0.29) is 78.5 Å². The predicted octanol–water partition coefficient (Wildman–Crippen LogP) is 6.14. The van der Waals surface area contributed by atoms with Gasteiger partial charge in [0.1, 0.15) is 18.3 Å². The maximum absolute atomic E-state index is 12.8. The molecule has 0 amide bonds. The summed E-state index contributed by atoms with van der Waals surface area (Å²) in [4.78, 5) is 47.9. The van der Waals surface area contributed by atoms with E-state index in [4.69, 9.17) is 19.3 Å². The number of aliphatic hydroxyl groups is 5. The molecule has 344 valence electrons. The van der Waals surface area contributed by atoms with Crippen LogP contribution in [0.5, 0.6) is 0 Å². The Morgan fingerprint density at radius 1 is 0.754 bits per heavy atom. The van der Waals surface area contributed by atoms with Gasteiger partial charge in [0.25, 0.3) is 0 Å². The minimum Gasteiger partial charge on any atom is -0.481 e. The van der Waals surface area contributed by atoms with Gasteiger partial charge in [0.2, 0.25) is 0 Å². The van der Waals surface area contributed by atoms with E-state index in [0.29, 0.717) is 51.4 Å². The Hall–Kier alpha value is -3.36. The van der Waals surface area contributed by atoms with Crippen LogP contribution in [-0.4, -0.2) is 103 Å². The Morgan fingerprint density at radius 2 is 1.23 bits per heavy atom. The summed E-state index contributed by atoms with van der Waals surface area (Å²) in [5, 5.41) is 59.4. The van der Waals surface area contributed by atoms with Crippen LogP contribution in [0.15, 0.2) is 47.6 Å². The SMILES string of the molecule is CCC(C)(C)C(=O)O[C@H]1C[C@@H](O)C=C2C=C[C@H](C)[C@H](CC[C@@H](O)C[C@@H](O)CC(=O)O)[C@H]21.CCC(C)(C)C(=O)O[C@H]1C[C@@H](O)C=C2C=C[C@H](C)[C@H](CC[C@@H]3C[C@@H](O)CC(=O)O3)[C@H]21. The molecule has 1 aliphatic heterocycles. The van der Waals surface area contributed by atoms with Gasteiger partial charge in [-0.2, -0.15) is 0 Å². The number of esters is 3. The first-order valence-electron chi connectivity index (χ1n) is 22.6. The zero-order valence-corrected chi connectivity index (χ0v) is 37.6. The fourth-order valence-electron chi connectivity index (χ4n) is 9.37. The summed E-state index contributed by atoms with van der Waals surface area (Å²) in [5.41, 5.74) is 0.803. The van der Waals surface area contributed by atoms with Crippen molar-refractivity contribution in [2.75, 3.05) is 0 Å². The highest BCUT2D eigenvalue weighted by atomic mass is 16.6. The van der Waals surface area contributed by atoms with Crippen LogP contribution in [0.2, 0.25) is 0 Å². The van der Waals surface area contributed by atoms with Crippen molar-refractivity contribution in [3.63, 3.8) is 0 Å². The molecule has 6 N–H and O–H groups in total. The second-order valence-electron chi connectivity index (χ2n) is 19.6. The largest absolute Gasteiger partial charge is 0.481 e. The van der Waals surface area contributed by atoms with Crippen LogP contribution >= 0.6 is 0 Å². The number of cyclic esters (lactones) is 1. The molecule has 5 rings (SSSR count). The normalized spacial score (nSPS) is 33.3. The quantitative estimate of drug-likeness (QED) is 0.0761. The van der Waals surface area contributed by atoms with E-state index in [1.807, 2.05) is 65.8 Å². The molecule has 61 heavy (non-hydrogen) atoms. The number of allylic oxidation sites excluding steroid dienone is 4. The molecule has 0 saturated carbocycles. The lowest BCUT2D eigenvalue weighted by Crippen LogP contribution is -2.44. The fourth-order valence-corrected chi connectivity index (χ4v) is 9.37. The number of hydrogen-bond acceptors (Lipinski definition) is 12. The molecule has 13 heteroatoms. The van der Waals surface area contributed by atoms with E-state index in [1.165, 1.54) is 0 Å². The van der Waals surface area contributed by atoms with Gasteiger partial charge in [-0.15, -0.1) is 0 Å². The third kappa shape index (κ3) is 13.8. The number of carboxylic acids is 1. The van der Waals surface area contributed by atoms with Crippen molar-refractivity contribution in [1.29, 1.82) is 0 Å². The molecule has 1 fully saturated rings. The average molecular weight is 859 g/mol. The van der Waals surface area contributed by atoms with E-state index in [1.54, 1.807) is 0 Å². The summed E-state index contributed by atoms with van der Waals surface area (Å²) < 4.78 is 17.4. The molecule has 0 aromatic carbocycles. The summed E-state index contributed by atoms with van der Waals surface area (Å²) in [5.74, 6) is -1.25. The Balaban J connectivity index is 0.000000269. The van der Waals surface area contributed by atoms with Gasteiger partial charge in [-0.25, -0.2) is 0 Å². The van der Waals surface area contributed by atoms with Crippen LogP contribution < -0.4 is 0 Å². The predicted molar refractivity (Wildman–Crippen MR) is 228 cm³/mol. The topological polar surface area (TPSA) is 217 Å². The summed E-state index contributed by atoms with van der Waals surface area (Å²) >= 11 is 0. The molecule has 0 aromatic heterocycles. The van der Waals surface area contributed by atoms with Crippen molar-refractivity contribution in [3.05, 3.63) is 47.6 Å². The first-order valence-corrected chi connectivity index (χ1v) is 22.6. The zero-order valence-electron chi connectivity index (χ0n) is 37.6. The number of hydrogen-bond donors (Lipinski definition) is 6. The van der Waals surface area contributed by atoms with E-state index in [2.05, 4.69) is 26.0 Å². The number of carboxylic acid groups (broad SMARTS) is 1. The number of ether oxygens (including phenoxy) is 3. The molecule has 0 aromatic rings. The van der Waals surface area contributed by atoms with Crippen LogP contribution in [0.3, 0.4) is 0 Å². The smallest absolute Gasteiger partial charge is 0.311 e. The van der Waals surface area contributed by atoms with E-state index in [0.717, 1.165) is 17.6 Å². The van der Waals surface area contributed by atoms with E-state index >= 15 is 0 Å². The number of carbonyl (C=O) groups is 4. The summed E-state index contributed by atoms with van der Waals surface area (Å²) in [6.07, 6.45) is 11.8. The molecule has 1 saturated heterocycles. The van der Waals surface area contributed by atoms with Gasteiger partial charge in [0.15, 0.2) is 0 Å². The lowest BCUT2D eigenvalue weighted by Gasteiger charge is -2.43. The number of aliphatic carboxylic acids is 1. The van der Waals surface area contributed by atoms with Crippen LogP contribution in [0.1, 0.15) is 132 Å². The van der Waals surface area contributed by atoms with Crippen LogP contribution in [0.25, 0.3) is 0 Å². The third-order valence-electron chi connectivity index (χ3n) is 14.0. The molecule has 1 heterocycles. The summed E-state index contributed by atoms with van der Waals surface area (Å²) in [6, 6.07) is 0. The van der Waals surface area contributed by atoms with Gasteiger partial charge in [-0.1, -0.05) is 64.2 Å². The molecule has 4 aliphatic carbocycles. The molecular weight excluding hydrogens is 785 g/mol. The second-order valence-corrected chi connectivity index (χ2v) is 19.6. The fraction of sp³-hybridized carbons (Fsp3) is 0.750. The van der Waals surface area contributed by atoms with Crippen LogP contribution in [-0.2, 0) is 33.4 Å². The molecule has 14 atom stereocenters. The zero-order chi connectivity index (χ0) is 45.4. The van der Waals surface area contributed by atoms with Gasteiger partial charge >= 0.3 is 23.9 Å². The van der Waals surface area contributed by atoms with Gasteiger partial charge in [0.05, 0.1) is 54.2 Å². The monoisotopic (exact) mass is 859 g/mol. The number of rotatable bonds is 16. The highest BCUT2D eigenvalue weighted by Crippen LogP contribution is 2.46. The molecular formula is C48H74O13. The maximum Gasteiger partial charge on any atom is 0.311 e. The minimum absolute atomic E-state index is 0.00854. The Morgan fingerprint density at radius 3 is 1.67 bits per heavy atom. The van der Waals surface area contributed by atoms with Crippen molar-refractivity contribution in [1.82, 2.24) is 0 Å². The molecule has 0 bridgehead atoms. The lowest BCUT2D eigenvalue weighted by atomic mass is 9.66. The first-order chi connectivity index (χ1) is 28.5. The molecule has 0 radical (unpaired) electrons. The standard InChI is InChI=1S/C24H38O7.C24H36O6/c1-5-24(3,4)23(30)31-20-12-17(26)10-15-7-6-14(2)19(22(15)20)9-8-16(25)11-18(27)13-21(28)29;1-5-24(3,4)23(28)30-20-12-16(25)10-15-7-6-14(2)19(22(15)20)9-8-18-11-17(26)13-21(27)29-18/h6-7,10,14,16-20,22,25-27H,5,8-9,11-13H2,1-4H3,(H,28,29);6-7,10,14,16-20,22,25-26H,5,8-9,11-13H2,1-4H3/t14-,16+,17-,18+,19-,20-,22-;14-,16-,17+,18+,19-,20-,22-/m00/s1. The van der Waals surface area contributed by atoms with Crippen molar-refractivity contribution in [2.24, 2.45) is 46.3 Å². The van der Waals surface area contributed by atoms with E-state index in [9.17, 15) is 44.7 Å². The van der Waals surface area contributed by atoms with Gasteiger partial charge < -0.3 is 44.8 Å². The number of fused-ring (bicyclic) bond motifs is 2. The lowest BCUT2D eigenvalue weighted by molar-refractivity contribution is -0.166. The molecule has 0 unspecified atom stereocenters. The summed E-state index contributed by atoms with van der Waals surface area (Å²) in [7, 11) is 0. The Bertz CT molecular complexity index is 1640. The highest BCUT2D eigenvalue weighted by molar-refractivity contribution is 5.76. The Labute approximate surface area is 362 Å². The van der Waals surface area contributed by atoms with E-state index < -0.39 is 59.8 Å². The van der Waals surface area contributed by atoms with Crippen molar-refractivity contribution in [2.45, 2.75) is 181 Å². The van der Waals surface area contributed by atoms with Crippen LogP contribution in [0.4, 0.5) is 0 Å². The highest BCUT2D eigenvalue weighted by Gasteiger charge is 2.45.